The van der Waals surface area contributed by atoms with Gasteiger partial charge in [0.25, 0.3) is 10.0 Å². The summed E-state index contributed by atoms with van der Waals surface area (Å²) < 4.78 is 50.7. The minimum Gasteiger partial charge on any atom is -0.449 e. The number of carbonyl (C=O) groups excluding carboxylic acids is 1. The average Bonchev–Trinajstić information content (AvgIpc) is 3.15. The summed E-state index contributed by atoms with van der Waals surface area (Å²) in [5.74, 6) is 1.16. The lowest BCUT2D eigenvalue weighted by molar-refractivity contribution is 0.147. The molecule has 0 radical (unpaired) electrons. The number of halogens is 1. The van der Waals surface area contributed by atoms with Crippen LogP contribution in [0.5, 0.6) is 0 Å². The largest absolute Gasteiger partial charge is 0.449 e. The highest BCUT2D eigenvalue weighted by Gasteiger charge is 2.30. The number of ether oxygens (including phenoxy) is 1. The summed E-state index contributed by atoms with van der Waals surface area (Å²) in [5.41, 5.74) is 1.38. The molecule has 1 amide bonds. The molecule has 0 saturated heterocycles. The van der Waals surface area contributed by atoms with E-state index in [-0.39, 0.29) is 16.9 Å². The number of benzene rings is 1. The van der Waals surface area contributed by atoms with E-state index in [0.29, 0.717) is 34.9 Å². The van der Waals surface area contributed by atoms with E-state index in [1.807, 2.05) is 29.3 Å². The smallest absolute Gasteiger partial charge is 0.421 e. The molecule has 1 N–H and O–H groups in total. The van der Waals surface area contributed by atoms with E-state index in [9.17, 15) is 13.2 Å². The maximum absolute atomic E-state index is 15.4. The van der Waals surface area contributed by atoms with Gasteiger partial charge < -0.3 is 9.30 Å². The highest BCUT2D eigenvalue weighted by atomic mass is 32.2. The molecule has 5 rings (SSSR count). The van der Waals surface area contributed by atoms with Crippen molar-refractivity contribution in [3.63, 3.8) is 0 Å². The minimum atomic E-state index is -4.19. The third-order valence-corrected chi connectivity index (χ3v) is 9.37. The van der Waals surface area contributed by atoms with Crippen molar-refractivity contribution < 1.29 is 22.3 Å². The van der Waals surface area contributed by atoms with Gasteiger partial charge in [-0.2, -0.15) is 0 Å². The van der Waals surface area contributed by atoms with Crippen LogP contribution in [0.2, 0.25) is 0 Å². The second kappa shape index (κ2) is 9.39. The quantitative estimate of drug-likeness (QED) is 0.437. The summed E-state index contributed by atoms with van der Waals surface area (Å²) in [7, 11) is -4.19. The van der Waals surface area contributed by atoms with Crippen molar-refractivity contribution in [2.45, 2.75) is 56.2 Å². The number of nitrogens with zero attached hydrogens (tertiary/aromatic N) is 2. The van der Waals surface area contributed by atoms with E-state index < -0.39 is 21.9 Å². The Labute approximate surface area is 208 Å². The first-order valence-electron chi connectivity index (χ1n) is 11.8. The van der Waals surface area contributed by atoms with Crippen LogP contribution in [0.3, 0.4) is 0 Å². The highest BCUT2D eigenvalue weighted by Crippen LogP contribution is 2.39. The summed E-state index contributed by atoms with van der Waals surface area (Å²) in [5, 5.41) is 0. The Morgan fingerprint density at radius 3 is 2.80 bits per heavy atom. The fourth-order valence-corrected chi connectivity index (χ4v) is 7.33. The number of aromatic nitrogens is 2. The molecule has 1 fully saturated rings. The number of hydrogen-bond donors (Lipinski definition) is 1. The monoisotopic (exact) mass is 517 g/mol. The van der Waals surface area contributed by atoms with Crippen LogP contribution < -0.4 is 4.72 Å². The van der Waals surface area contributed by atoms with Gasteiger partial charge in [-0.25, -0.2) is 27.3 Å². The van der Waals surface area contributed by atoms with Crippen LogP contribution in [-0.4, -0.2) is 30.7 Å². The van der Waals surface area contributed by atoms with Gasteiger partial charge in [-0.15, -0.1) is 11.3 Å². The van der Waals surface area contributed by atoms with Crippen LogP contribution in [0.15, 0.2) is 40.9 Å². The summed E-state index contributed by atoms with van der Waals surface area (Å²) in [6, 6.07) is 6.51. The molecule has 10 heteroatoms. The molecule has 1 aromatic carbocycles. The minimum absolute atomic E-state index is 0.0126. The second-order valence-corrected chi connectivity index (χ2v) is 12.7. The normalized spacial score (nSPS) is 17.5. The average molecular weight is 518 g/mol. The fourth-order valence-electron chi connectivity index (χ4n) is 4.49. The molecular formula is C25H28FN3O4S2. The first kappa shape index (κ1) is 24.0. The molecule has 1 aliphatic heterocycles. The van der Waals surface area contributed by atoms with Crippen LogP contribution in [0.1, 0.15) is 55.4 Å². The number of imidazole rings is 1. The van der Waals surface area contributed by atoms with Gasteiger partial charge in [-0.1, -0.05) is 26.0 Å². The van der Waals surface area contributed by atoms with Crippen LogP contribution in [0, 0.1) is 17.7 Å². The van der Waals surface area contributed by atoms with Gasteiger partial charge in [0.2, 0.25) is 0 Å². The van der Waals surface area contributed by atoms with E-state index in [1.54, 1.807) is 24.4 Å². The molecule has 0 bridgehead atoms. The van der Waals surface area contributed by atoms with Crippen molar-refractivity contribution in [2.24, 2.45) is 11.8 Å². The SMILES string of the molecule is CC(C)Cc1cc(-c2ccc([C@@H]3CCc4nccn43)c(F)c2)c(S(=O)(=O)NC(=O)OCC2CC2)s1. The number of hydrogen-bond acceptors (Lipinski definition) is 6. The summed E-state index contributed by atoms with van der Waals surface area (Å²) >= 11 is 1.10. The number of amides is 1. The lowest BCUT2D eigenvalue weighted by Crippen LogP contribution is -2.31. The van der Waals surface area contributed by atoms with Gasteiger partial charge in [-0.3, -0.25) is 0 Å². The van der Waals surface area contributed by atoms with Crippen molar-refractivity contribution in [1.29, 1.82) is 0 Å². The number of nitrogens with one attached hydrogen (secondary N) is 1. The fraction of sp³-hybridized carbons (Fsp3) is 0.440. The number of rotatable bonds is 8. The molecular weight excluding hydrogens is 489 g/mol. The van der Waals surface area contributed by atoms with Gasteiger partial charge in [0, 0.05) is 34.8 Å². The van der Waals surface area contributed by atoms with Crippen LogP contribution in [-0.2, 0) is 27.6 Å². The Hall–Kier alpha value is -2.72. The molecule has 3 aromatic rings. The van der Waals surface area contributed by atoms with Crippen LogP contribution >= 0.6 is 11.3 Å². The lowest BCUT2D eigenvalue weighted by atomic mass is 9.99. The highest BCUT2D eigenvalue weighted by molar-refractivity contribution is 7.92. The predicted octanol–water partition coefficient (Wildman–Crippen LogP) is 5.31. The number of sulfonamides is 1. The Balaban J connectivity index is 1.46. The molecule has 2 aliphatic rings. The number of fused-ring (bicyclic) bond motifs is 1. The van der Waals surface area contributed by atoms with Gasteiger partial charge in [0.15, 0.2) is 0 Å². The standard InChI is InChI=1S/C25H28FN3O4S2/c1-15(2)11-18-13-20(24(34-18)35(31,32)28-25(30)33-14-16-3-4-16)17-5-6-19(21(26)12-17)22-7-8-23-27-9-10-29(22)23/h5-6,9-10,12-13,15-16,22H,3-4,7-8,11,14H2,1-2H3,(H,28,30)/t22-/m0/s1. The van der Waals surface area contributed by atoms with E-state index in [1.165, 1.54) is 6.07 Å². The van der Waals surface area contributed by atoms with Crippen LogP contribution in [0.25, 0.3) is 11.1 Å². The molecule has 1 saturated carbocycles. The van der Waals surface area contributed by atoms with Gasteiger partial charge in [0.05, 0.1) is 12.6 Å². The Bertz CT molecular complexity index is 1360. The van der Waals surface area contributed by atoms with E-state index in [2.05, 4.69) is 4.98 Å². The van der Waals surface area contributed by atoms with E-state index >= 15 is 4.39 Å². The van der Waals surface area contributed by atoms with E-state index in [4.69, 9.17) is 4.74 Å². The zero-order valence-corrected chi connectivity index (χ0v) is 21.3. The number of thiophene rings is 1. The topological polar surface area (TPSA) is 90.3 Å². The van der Waals surface area contributed by atoms with Gasteiger partial charge >= 0.3 is 6.09 Å². The molecule has 2 aromatic heterocycles. The Morgan fingerprint density at radius 2 is 2.09 bits per heavy atom. The van der Waals surface area contributed by atoms with Crippen LogP contribution in [0.4, 0.5) is 9.18 Å². The molecule has 7 nitrogen and oxygen atoms in total. The molecule has 0 unspecified atom stereocenters. The Kier molecular flexibility index (Phi) is 6.43. The molecule has 35 heavy (non-hydrogen) atoms. The van der Waals surface area contributed by atoms with Crippen molar-refractivity contribution in [1.82, 2.24) is 14.3 Å². The van der Waals surface area contributed by atoms with E-state index in [0.717, 1.165) is 47.7 Å². The predicted molar refractivity (Wildman–Crippen MR) is 131 cm³/mol. The summed E-state index contributed by atoms with van der Waals surface area (Å²) in [6.45, 7) is 4.30. The maximum atomic E-state index is 15.4. The molecule has 1 atom stereocenters. The van der Waals surface area contributed by atoms with Crippen molar-refractivity contribution in [3.8, 4) is 11.1 Å². The van der Waals surface area contributed by atoms with Crippen molar-refractivity contribution in [2.75, 3.05) is 6.61 Å². The molecule has 3 heterocycles. The zero-order valence-electron chi connectivity index (χ0n) is 19.7. The third-order valence-electron chi connectivity index (χ3n) is 6.36. The maximum Gasteiger partial charge on any atom is 0.421 e. The summed E-state index contributed by atoms with van der Waals surface area (Å²) in [6.07, 6.45) is 6.78. The van der Waals surface area contributed by atoms with Crippen molar-refractivity contribution >= 4 is 27.5 Å². The molecule has 186 valence electrons. The first-order chi connectivity index (χ1) is 16.7. The first-order valence-corrected chi connectivity index (χ1v) is 14.1. The molecule has 0 spiro atoms. The number of aryl methyl sites for hydroxylation is 1. The molecule has 1 aliphatic carbocycles. The lowest BCUT2D eigenvalue weighted by Gasteiger charge is -2.15. The third kappa shape index (κ3) is 5.13. The summed E-state index contributed by atoms with van der Waals surface area (Å²) in [4.78, 5) is 17.3. The Morgan fingerprint density at radius 1 is 1.29 bits per heavy atom. The second-order valence-electron chi connectivity index (χ2n) is 9.70. The van der Waals surface area contributed by atoms with Crippen molar-refractivity contribution in [3.05, 3.63) is 58.7 Å². The number of carbonyl (C=O) groups is 1. The zero-order chi connectivity index (χ0) is 24.7. The van der Waals surface area contributed by atoms with Gasteiger partial charge in [-0.05, 0) is 55.2 Å². The van der Waals surface area contributed by atoms with Gasteiger partial charge in [0.1, 0.15) is 15.9 Å².